The average molecular weight is 273 g/mol. The van der Waals surface area contributed by atoms with E-state index in [4.69, 9.17) is 5.11 Å². The number of aromatic amines is 1. The number of nitrogens with one attached hydrogen (secondary N) is 1. The van der Waals surface area contributed by atoms with Crippen molar-refractivity contribution in [2.24, 2.45) is 0 Å². The highest BCUT2D eigenvalue weighted by Crippen LogP contribution is 2.28. The van der Waals surface area contributed by atoms with E-state index in [9.17, 15) is 22.8 Å². The summed E-state index contributed by atoms with van der Waals surface area (Å²) in [5, 5.41) is 8.67. The Kier molecular flexibility index (Phi) is 2.93. The Balaban J connectivity index is 2.72. The fraction of sp³-hybridized carbons (Fsp3) is 0.0909. The van der Waals surface area contributed by atoms with E-state index in [2.05, 4.69) is 9.72 Å². The van der Waals surface area contributed by atoms with Gasteiger partial charge in [-0.1, -0.05) is 6.07 Å². The summed E-state index contributed by atoms with van der Waals surface area (Å²) in [6.45, 7) is 0. The van der Waals surface area contributed by atoms with Crippen LogP contribution in [0.1, 0.15) is 10.5 Å². The third kappa shape index (κ3) is 2.67. The summed E-state index contributed by atoms with van der Waals surface area (Å²) in [5.41, 5.74) is -1.54. The van der Waals surface area contributed by atoms with Crippen LogP contribution in [0.25, 0.3) is 10.9 Å². The van der Waals surface area contributed by atoms with Gasteiger partial charge in [-0.15, -0.1) is 13.2 Å². The highest BCUT2D eigenvalue weighted by molar-refractivity contribution is 5.91. The highest BCUT2D eigenvalue weighted by Gasteiger charge is 2.32. The molecule has 2 N–H and O–H groups in total. The summed E-state index contributed by atoms with van der Waals surface area (Å²) in [4.78, 5) is 24.6. The van der Waals surface area contributed by atoms with Gasteiger partial charge in [-0.25, -0.2) is 4.79 Å². The topological polar surface area (TPSA) is 79.4 Å². The van der Waals surface area contributed by atoms with Crippen LogP contribution >= 0.6 is 0 Å². The molecule has 0 bridgehead atoms. The van der Waals surface area contributed by atoms with E-state index in [1.54, 1.807) is 0 Å². The van der Waals surface area contributed by atoms with Crippen LogP contribution in [0.3, 0.4) is 0 Å². The van der Waals surface area contributed by atoms with Crippen LogP contribution < -0.4 is 10.2 Å². The summed E-state index contributed by atoms with van der Waals surface area (Å²) >= 11 is 0. The molecule has 8 heteroatoms. The molecule has 0 aliphatic rings. The first kappa shape index (κ1) is 12.9. The molecular weight excluding hydrogens is 267 g/mol. The summed E-state index contributed by atoms with van der Waals surface area (Å²) in [6.07, 6.45) is -4.94. The fourth-order valence-corrected chi connectivity index (χ4v) is 1.57. The number of carbonyl (C=O) groups is 1. The molecule has 2 aromatic rings. The molecule has 100 valence electrons. The number of pyridine rings is 1. The molecule has 1 aromatic carbocycles. The van der Waals surface area contributed by atoms with Gasteiger partial charge in [-0.3, -0.25) is 4.79 Å². The van der Waals surface area contributed by atoms with Gasteiger partial charge in [0, 0.05) is 11.5 Å². The third-order valence-electron chi connectivity index (χ3n) is 2.28. The van der Waals surface area contributed by atoms with E-state index >= 15 is 0 Å². The maximum atomic E-state index is 12.2. The molecule has 0 atom stereocenters. The van der Waals surface area contributed by atoms with Crippen LogP contribution in [0.15, 0.2) is 29.1 Å². The Hall–Kier alpha value is -2.51. The van der Waals surface area contributed by atoms with Crippen molar-refractivity contribution in [1.82, 2.24) is 4.98 Å². The van der Waals surface area contributed by atoms with E-state index in [0.717, 1.165) is 12.1 Å². The zero-order chi connectivity index (χ0) is 14.2. The number of hydrogen-bond acceptors (Lipinski definition) is 3. The average Bonchev–Trinajstić information content (AvgIpc) is 2.27. The second kappa shape index (κ2) is 4.30. The maximum absolute atomic E-state index is 12.2. The lowest BCUT2D eigenvalue weighted by molar-refractivity contribution is -0.274. The smallest absolute Gasteiger partial charge is 0.477 e. The quantitative estimate of drug-likeness (QED) is 0.878. The Morgan fingerprint density at radius 1 is 1.32 bits per heavy atom. The number of aromatic nitrogens is 1. The van der Waals surface area contributed by atoms with Gasteiger partial charge in [0.1, 0.15) is 5.69 Å². The third-order valence-corrected chi connectivity index (χ3v) is 2.28. The number of para-hydroxylation sites is 1. The van der Waals surface area contributed by atoms with Gasteiger partial charge in [-0.05, 0) is 12.1 Å². The Morgan fingerprint density at radius 2 is 2.00 bits per heavy atom. The van der Waals surface area contributed by atoms with Crippen LogP contribution in [0.2, 0.25) is 0 Å². The predicted molar refractivity (Wildman–Crippen MR) is 58.2 cm³/mol. The van der Waals surface area contributed by atoms with Crippen LogP contribution in [-0.2, 0) is 0 Å². The first-order valence-electron chi connectivity index (χ1n) is 4.93. The van der Waals surface area contributed by atoms with E-state index in [1.165, 1.54) is 12.1 Å². The van der Waals surface area contributed by atoms with E-state index in [0.29, 0.717) is 0 Å². The predicted octanol–water partition coefficient (Wildman–Crippen LogP) is 2.12. The Morgan fingerprint density at radius 3 is 2.58 bits per heavy atom. The number of alkyl halides is 3. The second-order valence-corrected chi connectivity index (χ2v) is 3.58. The lowest BCUT2D eigenvalue weighted by atomic mass is 10.2. The monoisotopic (exact) mass is 273 g/mol. The molecular formula is C11H6F3NO4. The number of fused-ring (bicyclic) bond motifs is 1. The van der Waals surface area contributed by atoms with Gasteiger partial charge in [-0.2, -0.15) is 0 Å². The maximum Gasteiger partial charge on any atom is 0.573 e. The largest absolute Gasteiger partial charge is 0.573 e. The second-order valence-electron chi connectivity index (χ2n) is 3.58. The van der Waals surface area contributed by atoms with Crippen LogP contribution in [0, 0.1) is 0 Å². The molecule has 2 rings (SSSR count). The van der Waals surface area contributed by atoms with Crippen molar-refractivity contribution in [2.75, 3.05) is 0 Å². The van der Waals surface area contributed by atoms with Crippen molar-refractivity contribution in [1.29, 1.82) is 0 Å². The Labute approximate surface area is 103 Å². The number of halogens is 3. The summed E-state index contributed by atoms with van der Waals surface area (Å²) in [7, 11) is 0. The van der Waals surface area contributed by atoms with Gasteiger partial charge >= 0.3 is 12.3 Å². The molecule has 0 amide bonds. The zero-order valence-corrected chi connectivity index (χ0v) is 9.12. The highest BCUT2D eigenvalue weighted by atomic mass is 19.4. The minimum absolute atomic E-state index is 0.0910. The van der Waals surface area contributed by atoms with Crippen LogP contribution in [0.5, 0.6) is 5.75 Å². The molecule has 0 unspecified atom stereocenters. The van der Waals surface area contributed by atoms with Gasteiger partial charge in [0.05, 0.1) is 5.52 Å². The summed E-state index contributed by atoms with van der Waals surface area (Å²) < 4.78 is 40.3. The van der Waals surface area contributed by atoms with E-state index < -0.39 is 29.2 Å². The van der Waals surface area contributed by atoms with Crippen molar-refractivity contribution < 1.29 is 27.8 Å². The molecule has 0 aliphatic heterocycles. The fourth-order valence-electron chi connectivity index (χ4n) is 1.57. The van der Waals surface area contributed by atoms with E-state index in [-0.39, 0.29) is 10.9 Å². The summed E-state index contributed by atoms with van der Waals surface area (Å²) in [6, 6.07) is 4.25. The molecule has 19 heavy (non-hydrogen) atoms. The normalized spacial score (nSPS) is 11.5. The molecule has 1 aromatic heterocycles. The molecule has 0 radical (unpaired) electrons. The Bertz CT molecular complexity index is 705. The van der Waals surface area contributed by atoms with Crippen molar-refractivity contribution in [3.63, 3.8) is 0 Å². The zero-order valence-electron chi connectivity index (χ0n) is 9.12. The van der Waals surface area contributed by atoms with Gasteiger partial charge in [0.25, 0.3) is 0 Å². The molecule has 0 saturated heterocycles. The molecule has 0 spiro atoms. The molecule has 0 aliphatic carbocycles. The number of carboxylic acids is 1. The molecule has 1 heterocycles. The minimum atomic E-state index is -4.94. The number of H-pyrrole nitrogens is 1. The van der Waals surface area contributed by atoms with Gasteiger partial charge < -0.3 is 14.8 Å². The SMILES string of the molecule is O=C(O)c1cc(=O)c2cccc(OC(F)(F)F)c2[nH]1. The van der Waals surface area contributed by atoms with Crippen molar-refractivity contribution in [3.05, 3.63) is 40.2 Å². The molecule has 5 nitrogen and oxygen atoms in total. The number of benzene rings is 1. The lowest BCUT2D eigenvalue weighted by Gasteiger charge is -2.11. The number of aromatic carboxylic acids is 1. The number of carboxylic acid groups (broad SMARTS) is 1. The summed E-state index contributed by atoms with van der Waals surface area (Å²) in [5.74, 6) is -2.12. The lowest BCUT2D eigenvalue weighted by Crippen LogP contribution is -2.18. The standard InChI is InChI=1S/C11H6F3NO4/c12-11(13,14)19-8-3-1-2-5-7(16)4-6(10(17)18)15-9(5)8/h1-4H,(H,15,16)(H,17,18). The number of ether oxygens (including phenoxy) is 1. The van der Waals surface area contributed by atoms with Crippen molar-refractivity contribution in [2.45, 2.75) is 6.36 Å². The first-order valence-corrected chi connectivity index (χ1v) is 4.93. The van der Waals surface area contributed by atoms with Gasteiger partial charge in [0.2, 0.25) is 0 Å². The number of rotatable bonds is 2. The van der Waals surface area contributed by atoms with Crippen molar-refractivity contribution >= 4 is 16.9 Å². The minimum Gasteiger partial charge on any atom is -0.477 e. The van der Waals surface area contributed by atoms with Crippen LogP contribution in [0.4, 0.5) is 13.2 Å². The first-order chi connectivity index (χ1) is 8.78. The van der Waals surface area contributed by atoms with Crippen LogP contribution in [-0.4, -0.2) is 22.4 Å². The molecule has 0 saturated carbocycles. The number of hydrogen-bond donors (Lipinski definition) is 2. The molecule has 0 fully saturated rings. The van der Waals surface area contributed by atoms with Crippen molar-refractivity contribution in [3.8, 4) is 5.75 Å². The van der Waals surface area contributed by atoms with Gasteiger partial charge in [0.15, 0.2) is 11.2 Å². The van der Waals surface area contributed by atoms with E-state index in [1.807, 2.05) is 0 Å².